The summed E-state index contributed by atoms with van der Waals surface area (Å²) < 4.78 is 0. The molecule has 0 aromatic heterocycles. The molecule has 0 fully saturated rings. The second-order valence-corrected chi connectivity index (χ2v) is 16.5. The van der Waals surface area contributed by atoms with Crippen molar-refractivity contribution in [1.82, 2.24) is 0 Å². The molecular weight excluding hydrogens is 821 g/mol. The summed E-state index contributed by atoms with van der Waals surface area (Å²) in [7, 11) is 0. The van der Waals surface area contributed by atoms with Gasteiger partial charge in [0.2, 0.25) is 0 Å². The third kappa shape index (κ3) is 9.63. The Kier molecular flexibility index (Phi) is 13.8. The molecule has 0 saturated carbocycles. The summed E-state index contributed by atoms with van der Waals surface area (Å²) in [6.07, 6.45) is 10.8. The van der Waals surface area contributed by atoms with E-state index in [0.717, 1.165) is 102 Å². The average molecular weight is 875 g/mol. The Morgan fingerprint density at radius 2 is 0.721 bits per heavy atom. The van der Waals surface area contributed by atoms with Crippen molar-refractivity contribution in [3.05, 3.63) is 292 Å². The molecule has 0 spiro atoms. The van der Waals surface area contributed by atoms with Crippen LogP contribution in [0.25, 0.3) is 55.7 Å². The summed E-state index contributed by atoms with van der Waals surface area (Å²) in [4.78, 5) is 4.69. The topological polar surface area (TPSA) is 6.48 Å². The second kappa shape index (κ2) is 21.1. The number of anilines is 6. The van der Waals surface area contributed by atoms with Gasteiger partial charge < -0.3 is 9.80 Å². The smallest absolute Gasteiger partial charge is 0.0474 e. The van der Waals surface area contributed by atoms with Crippen LogP contribution in [0.3, 0.4) is 0 Å². The predicted molar refractivity (Wildman–Crippen MR) is 294 cm³/mol. The summed E-state index contributed by atoms with van der Waals surface area (Å²) >= 11 is 0. The minimum atomic E-state index is 0.952. The lowest BCUT2D eigenvalue weighted by Crippen LogP contribution is -2.11. The van der Waals surface area contributed by atoms with E-state index < -0.39 is 0 Å². The van der Waals surface area contributed by atoms with Gasteiger partial charge in [0.1, 0.15) is 0 Å². The van der Waals surface area contributed by atoms with Gasteiger partial charge in [-0.1, -0.05) is 215 Å². The zero-order chi connectivity index (χ0) is 46.7. The number of nitrogens with zero attached hydrogens (tertiary/aromatic N) is 2. The van der Waals surface area contributed by atoms with Gasteiger partial charge in [-0.3, -0.25) is 0 Å². The van der Waals surface area contributed by atoms with Crippen LogP contribution < -0.4 is 9.80 Å². The van der Waals surface area contributed by atoms with Crippen LogP contribution in [0.2, 0.25) is 0 Å². The quantitative estimate of drug-likeness (QED) is 0.0893. The molecule has 68 heavy (non-hydrogen) atoms. The largest absolute Gasteiger partial charge is 0.311 e. The molecule has 0 saturated heterocycles. The highest BCUT2D eigenvalue weighted by molar-refractivity contribution is 5.99. The first-order chi connectivity index (χ1) is 33.6. The number of benzene rings is 9. The van der Waals surface area contributed by atoms with Gasteiger partial charge in [0, 0.05) is 34.1 Å². The molecule has 328 valence electrons. The molecule has 0 N–H and O–H groups in total. The highest BCUT2D eigenvalue weighted by Gasteiger charge is 2.22. The monoisotopic (exact) mass is 874 g/mol. The molecular formula is C66H54N2. The Morgan fingerprint density at radius 3 is 1.15 bits per heavy atom. The van der Waals surface area contributed by atoms with Crippen LogP contribution >= 0.6 is 0 Å². The third-order valence-electron chi connectivity index (χ3n) is 12.3. The molecule has 0 aliphatic carbocycles. The van der Waals surface area contributed by atoms with E-state index in [0.29, 0.717) is 0 Å². The molecule has 0 aliphatic rings. The zero-order valence-corrected chi connectivity index (χ0v) is 38.5. The van der Waals surface area contributed by atoms with Crippen LogP contribution in [0.4, 0.5) is 34.1 Å². The average Bonchev–Trinajstić information content (AvgIpc) is 3.41. The van der Waals surface area contributed by atoms with Crippen molar-refractivity contribution in [2.45, 2.75) is 13.3 Å². The van der Waals surface area contributed by atoms with E-state index in [-0.39, 0.29) is 0 Å². The molecule has 2 heteroatoms. The summed E-state index contributed by atoms with van der Waals surface area (Å²) in [5, 5.41) is 0. The molecule has 0 heterocycles. The summed E-state index contributed by atoms with van der Waals surface area (Å²) in [5.74, 6) is 0. The highest BCUT2D eigenvalue weighted by Crippen LogP contribution is 2.47. The van der Waals surface area contributed by atoms with Gasteiger partial charge >= 0.3 is 0 Å². The van der Waals surface area contributed by atoms with E-state index in [9.17, 15) is 0 Å². The van der Waals surface area contributed by atoms with Crippen molar-refractivity contribution in [2.75, 3.05) is 9.80 Å². The van der Waals surface area contributed by atoms with E-state index in [4.69, 9.17) is 0 Å². The van der Waals surface area contributed by atoms with Crippen LogP contribution in [0.5, 0.6) is 0 Å². The molecule has 9 rings (SSSR count). The SMILES string of the molecule is C=C/C=C(\C=C)c1ccc(N(c2ccc(-c3ccccc3)cc2)c2cc(-c3ccccc3)c(-c3ccc(N(c4ccccc4)c4ccc(/C(C=C)=C/CC)cc4)cc3)c(-c3ccccc3)c2)cc1. The van der Waals surface area contributed by atoms with Crippen molar-refractivity contribution in [3.63, 3.8) is 0 Å². The molecule has 0 radical (unpaired) electrons. The maximum Gasteiger partial charge on any atom is 0.0474 e. The van der Waals surface area contributed by atoms with Gasteiger partial charge in [-0.2, -0.15) is 0 Å². The van der Waals surface area contributed by atoms with Gasteiger partial charge in [0.05, 0.1) is 0 Å². The molecule has 2 nitrogen and oxygen atoms in total. The number of hydrogen-bond acceptors (Lipinski definition) is 2. The Morgan fingerprint density at radius 1 is 0.368 bits per heavy atom. The van der Waals surface area contributed by atoms with Gasteiger partial charge in [-0.15, -0.1) is 0 Å². The first-order valence-corrected chi connectivity index (χ1v) is 23.3. The fourth-order valence-electron chi connectivity index (χ4n) is 8.99. The number of para-hydroxylation sites is 1. The lowest BCUT2D eigenvalue weighted by atomic mass is 9.86. The van der Waals surface area contributed by atoms with E-state index >= 15 is 0 Å². The first-order valence-electron chi connectivity index (χ1n) is 23.3. The van der Waals surface area contributed by atoms with Crippen molar-refractivity contribution in [3.8, 4) is 44.5 Å². The van der Waals surface area contributed by atoms with E-state index in [1.807, 2.05) is 18.2 Å². The van der Waals surface area contributed by atoms with E-state index in [2.05, 4.69) is 273 Å². The lowest BCUT2D eigenvalue weighted by Gasteiger charge is -2.29. The van der Waals surface area contributed by atoms with Gasteiger partial charge in [-0.05, 0) is 146 Å². The van der Waals surface area contributed by atoms with Gasteiger partial charge in [-0.25, -0.2) is 0 Å². The van der Waals surface area contributed by atoms with Crippen molar-refractivity contribution in [2.24, 2.45) is 0 Å². The molecule has 0 amide bonds. The standard InChI is InChI=1S/C66H54N2/c1-5-21-49(7-3)52-31-39-59(40-32-52)67(58-29-19-12-20-30-58)60-45-37-57(38-46-60)66-64(55-25-15-10-16-26-55)47-63(48-65(66)56-27-17-11-18-28-56)68(61-41-33-53(34-42-61)50(8-4)22-6-2)62-43-35-54(36-44-62)51-23-13-9-14-24-51/h6-48H,2-5H2,1H3/b49-21+,50-22+. The third-order valence-corrected chi connectivity index (χ3v) is 12.3. The Hall–Kier alpha value is -8.72. The predicted octanol–water partition coefficient (Wildman–Crippen LogP) is 19.0. The van der Waals surface area contributed by atoms with Gasteiger partial charge in [0.15, 0.2) is 0 Å². The highest BCUT2D eigenvalue weighted by atomic mass is 15.1. The van der Waals surface area contributed by atoms with Crippen LogP contribution in [0.1, 0.15) is 24.5 Å². The molecule has 0 unspecified atom stereocenters. The van der Waals surface area contributed by atoms with Crippen molar-refractivity contribution in [1.29, 1.82) is 0 Å². The molecule has 0 aliphatic heterocycles. The molecule has 0 bridgehead atoms. The fourth-order valence-corrected chi connectivity index (χ4v) is 8.99. The van der Waals surface area contributed by atoms with E-state index in [1.165, 1.54) is 5.56 Å². The Labute approximate surface area is 402 Å². The van der Waals surface area contributed by atoms with E-state index in [1.54, 1.807) is 6.08 Å². The van der Waals surface area contributed by atoms with Crippen LogP contribution in [-0.2, 0) is 0 Å². The fraction of sp³-hybridized carbons (Fsp3) is 0.0303. The van der Waals surface area contributed by atoms with Crippen LogP contribution in [-0.4, -0.2) is 0 Å². The zero-order valence-electron chi connectivity index (χ0n) is 38.5. The maximum absolute atomic E-state index is 4.08. The summed E-state index contributed by atoms with van der Waals surface area (Å²) in [5.41, 5.74) is 19.9. The minimum Gasteiger partial charge on any atom is -0.311 e. The van der Waals surface area contributed by atoms with Gasteiger partial charge in [0.25, 0.3) is 0 Å². The summed E-state index contributed by atoms with van der Waals surface area (Å²) in [6, 6.07) is 82.9. The second-order valence-electron chi connectivity index (χ2n) is 16.5. The number of rotatable bonds is 16. The minimum absolute atomic E-state index is 0.952. The molecule has 0 atom stereocenters. The lowest BCUT2D eigenvalue weighted by molar-refractivity contribution is 1.23. The van der Waals surface area contributed by atoms with Crippen molar-refractivity contribution >= 4 is 45.3 Å². The van der Waals surface area contributed by atoms with Crippen LogP contribution in [0.15, 0.2) is 281 Å². The maximum atomic E-state index is 4.08. The number of hydrogen-bond donors (Lipinski definition) is 0. The number of allylic oxidation sites excluding steroid dienone is 7. The molecule has 9 aromatic carbocycles. The molecule has 9 aromatic rings. The Balaban J connectivity index is 1.22. The van der Waals surface area contributed by atoms with Crippen LogP contribution in [0, 0.1) is 0 Å². The van der Waals surface area contributed by atoms with Crippen molar-refractivity contribution < 1.29 is 0 Å². The summed E-state index contributed by atoms with van der Waals surface area (Å²) in [6.45, 7) is 14.2. The normalized spacial score (nSPS) is 11.4. The Bertz CT molecular complexity index is 3120. The first kappa shape index (κ1) is 44.5.